The van der Waals surface area contributed by atoms with E-state index in [2.05, 4.69) is 31.0 Å². The first-order valence-electron chi connectivity index (χ1n) is 5.88. The van der Waals surface area contributed by atoms with E-state index in [1.54, 1.807) is 30.6 Å². The molecule has 0 aromatic carbocycles. The summed E-state index contributed by atoms with van der Waals surface area (Å²) in [6, 6.07) is 5.56. The molecule has 0 aliphatic heterocycles. The molecule has 0 spiro atoms. The van der Waals surface area contributed by atoms with Crippen molar-refractivity contribution in [3.63, 3.8) is 0 Å². The third kappa shape index (κ3) is 3.78. The van der Waals surface area contributed by atoms with Crippen molar-refractivity contribution in [3.05, 3.63) is 39.3 Å². The number of rotatable bonds is 6. The standard InChI is InChI=1S/C12H14BrN3O2S2/c1-14-10-5-6-15-8-11(10)20(17,18)16-7-4-9-2-3-12(13)19-9/h2-3,5-6,8,16H,4,7H2,1H3,(H,14,15). The van der Waals surface area contributed by atoms with E-state index >= 15 is 0 Å². The summed E-state index contributed by atoms with van der Waals surface area (Å²) in [4.78, 5) is 5.15. The zero-order valence-corrected chi connectivity index (χ0v) is 14.0. The summed E-state index contributed by atoms with van der Waals surface area (Å²) in [6.07, 6.45) is 3.55. The van der Waals surface area contributed by atoms with Gasteiger partial charge in [-0.1, -0.05) is 0 Å². The molecule has 0 fully saturated rings. The molecule has 2 aromatic heterocycles. The summed E-state index contributed by atoms with van der Waals surface area (Å²) in [5.41, 5.74) is 0.534. The summed E-state index contributed by atoms with van der Waals surface area (Å²) < 4.78 is 28.1. The van der Waals surface area contributed by atoms with Crippen LogP contribution in [0.2, 0.25) is 0 Å². The number of pyridine rings is 1. The van der Waals surface area contributed by atoms with Crippen LogP contribution in [0.5, 0.6) is 0 Å². The number of hydrogen-bond donors (Lipinski definition) is 2. The number of nitrogens with one attached hydrogen (secondary N) is 2. The second-order valence-corrected chi connectivity index (χ2v) is 8.26. The third-order valence-electron chi connectivity index (χ3n) is 2.64. The molecule has 2 rings (SSSR count). The summed E-state index contributed by atoms with van der Waals surface area (Å²) in [7, 11) is -1.87. The Morgan fingerprint density at radius 3 is 2.80 bits per heavy atom. The van der Waals surface area contributed by atoms with E-state index < -0.39 is 10.0 Å². The van der Waals surface area contributed by atoms with Crippen molar-refractivity contribution in [2.45, 2.75) is 11.3 Å². The van der Waals surface area contributed by atoms with Crippen molar-refractivity contribution in [2.75, 3.05) is 18.9 Å². The van der Waals surface area contributed by atoms with E-state index in [4.69, 9.17) is 0 Å². The molecule has 2 N–H and O–H groups in total. The van der Waals surface area contributed by atoms with E-state index in [1.807, 2.05) is 12.1 Å². The van der Waals surface area contributed by atoms with Crippen LogP contribution < -0.4 is 10.0 Å². The lowest BCUT2D eigenvalue weighted by molar-refractivity contribution is 0.582. The lowest BCUT2D eigenvalue weighted by atomic mass is 10.3. The Hall–Kier alpha value is -0.960. The highest BCUT2D eigenvalue weighted by Crippen LogP contribution is 2.22. The molecule has 0 unspecified atom stereocenters. The van der Waals surface area contributed by atoms with Gasteiger partial charge in [-0.25, -0.2) is 13.1 Å². The molecular formula is C12H14BrN3O2S2. The van der Waals surface area contributed by atoms with Gasteiger partial charge in [-0.3, -0.25) is 4.98 Å². The topological polar surface area (TPSA) is 71.1 Å². The molecule has 5 nitrogen and oxygen atoms in total. The van der Waals surface area contributed by atoms with Crippen LogP contribution in [0.1, 0.15) is 4.88 Å². The summed E-state index contributed by atoms with van der Waals surface area (Å²) in [5, 5.41) is 2.85. The lowest BCUT2D eigenvalue weighted by Gasteiger charge is -2.10. The van der Waals surface area contributed by atoms with Crippen LogP contribution in [0, 0.1) is 0 Å². The summed E-state index contributed by atoms with van der Waals surface area (Å²) in [6.45, 7) is 0.354. The molecule has 0 aliphatic rings. The second kappa shape index (κ2) is 6.66. The van der Waals surface area contributed by atoms with Crippen molar-refractivity contribution in [1.29, 1.82) is 0 Å². The molecule has 0 bridgehead atoms. The van der Waals surface area contributed by atoms with Gasteiger partial charge < -0.3 is 5.32 Å². The van der Waals surface area contributed by atoms with Crippen LogP contribution >= 0.6 is 27.3 Å². The summed E-state index contributed by atoms with van der Waals surface area (Å²) >= 11 is 4.98. The van der Waals surface area contributed by atoms with Gasteiger partial charge in [0.1, 0.15) is 4.90 Å². The van der Waals surface area contributed by atoms with Crippen LogP contribution in [0.15, 0.2) is 39.3 Å². The van der Waals surface area contributed by atoms with Gasteiger partial charge in [-0.05, 0) is 40.5 Å². The zero-order valence-electron chi connectivity index (χ0n) is 10.8. The SMILES string of the molecule is CNc1ccncc1S(=O)(=O)NCCc1ccc(Br)s1. The van der Waals surface area contributed by atoms with Crippen molar-refractivity contribution >= 4 is 43.0 Å². The number of hydrogen-bond acceptors (Lipinski definition) is 5. The Labute approximate surface area is 130 Å². The van der Waals surface area contributed by atoms with E-state index in [0.29, 0.717) is 18.7 Å². The molecule has 108 valence electrons. The molecule has 0 radical (unpaired) electrons. The van der Waals surface area contributed by atoms with Gasteiger partial charge in [-0.15, -0.1) is 11.3 Å². The minimum Gasteiger partial charge on any atom is -0.387 e. The Bertz CT molecular complexity index is 686. The normalized spacial score (nSPS) is 11.5. The molecule has 0 atom stereocenters. The first kappa shape index (κ1) is 15.4. The van der Waals surface area contributed by atoms with E-state index in [9.17, 15) is 8.42 Å². The van der Waals surface area contributed by atoms with Crippen molar-refractivity contribution in [1.82, 2.24) is 9.71 Å². The molecule has 0 saturated heterocycles. The highest BCUT2D eigenvalue weighted by atomic mass is 79.9. The van der Waals surface area contributed by atoms with E-state index in [-0.39, 0.29) is 4.90 Å². The van der Waals surface area contributed by atoms with Gasteiger partial charge in [0.25, 0.3) is 0 Å². The van der Waals surface area contributed by atoms with Crippen molar-refractivity contribution < 1.29 is 8.42 Å². The number of sulfonamides is 1. The number of nitrogens with zero attached hydrogens (tertiary/aromatic N) is 1. The molecule has 20 heavy (non-hydrogen) atoms. The number of halogens is 1. The molecule has 0 aliphatic carbocycles. The predicted octanol–water partition coefficient (Wildman–Crippen LogP) is 2.47. The fourth-order valence-corrected chi connectivity index (χ4v) is 4.34. The fraction of sp³-hybridized carbons (Fsp3) is 0.250. The predicted molar refractivity (Wildman–Crippen MR) is 84.7 cm³/mol. The molecule has 8 heteroatoms. The fourth-order valence-electron chi connectivity index (χ4n) is 1.67. The van der Waals surface area contributed by atoms with Crippen LogP contribution in [0.4, 0.5) is 5.69 Å². The smallest absolute Gasteiger partial charge is 0.244 e. The van der Waals surface area contributed by atoms with Gasteiger partial charge >= 0.3 is 0 Å². The first-order valence-corrected chi connectivity index (χ1v) is 8.98. The van der Waals surface area contributed by atoms with Gasteiger partial charge in [0.05, 0.1) is 9.47 Å². The van der Waals surface area contributed by atoms with Crippen molar-refractivity contribution in [2.24, 2.45) is 0 Å². The maximum Gasteiger partial charge on any atom is 0.244 e. The highest BCUT2D eigenvalue weighted by Gasteiger charge is 2.17. The second-order valence-electron chi connectivity index (χ2n) is 3.98. The minimum absolute atomic E-state index is 0.162. The molecule has 0 amide bonds. The third-order valence-corrected chi connectivity index (χ3v) is 5.81. The zero-order chi connectivity index (χ0) is 14.6. The number of anilines is 1. The Balaban J connectivity index is 2.04. The first-order chi connectivity index (χ1) is 9.53. The average molecular weight is 376 g/mol. The van der Waals surface area contributed by atoms with Crippen LogP contribution in [-0.2, 0) is 16.4 Å². The molecule has 2 aromatic rings. The van der Waals surface area contributed by atoms with E-state index in [1.165, 1.54) is 6.20 Å². The minimum atomic E-state index is -3.55. The largest absolute Gasteiger partial charge is 0.387 e. The van der Waals surface area contributed by atoms with Gasteiger partial charge in [0.2, 0.25) is 10.0 Å². The Kier molecular flexibility index (Phi) is 5.14. The van der Waals surface area contributed by atoms with Crippen molar-refractivity contribution in [3.8, 4) is 0 Å². The summed E-state index contributed by atoms with van der Waals surface area (Å²) in [5.74, 6) is 0. The maximum atomic E-state index is 12.2. The average Bonchev–Trinajstić information content (AvgIpc) is 2.84. The van der Waals surface area contributed by atoms with Crippen LogP contribution in [0.25, 0.3) is 0 Å². The van der Waals surface area contributed by atoms with Gasteiger partial charge in [0, 0.05) is 30.9 Å². The van der Waals surface area contributed by atoms with Gasteiger partial charge in [0.15, 0.2) is 0 Å². The lowest BCUT2D eigenvalue weighted by Crippen LogP contribution is -2.26. The monoisotopic (exact) mass is 375 g/mol. The Morgan fingerprint density at radius 2 is 2.15 bits per heavy atom. The highest BCUT2D eigenvalue weighted by molar-refractivity contribution is 9.11. The van der Waals surface area contributed by atoms with Gasteiger partial charge in [-0.2, -0.15) is 0 Å². The maximum absolute atomic E-state index is 12.2. The Morgan fingerprint density at radius 1 is 1.35 bits per heavy atom. The van der Waals surface area contributed by atoms with Crippen LogP contribution in [0.3, 0.4) is 0 Å². The van der Waals surface area contributed by atoms with Crippen LogP contribution in [-0.4, -0.2) is 27.0 Å². The molecule has 0 saturated carbocycles. The quantitative estimate of drug-likeness (QED) is 0.813. The number of aromatic nitrogens is 1. The van der Waals surface area contributed by atoms with E-state index in [0.717, 1.165) is 8.66 Å². The number of thiophene rings is 1. The molecular weight excluding hydrogens is 362 g/mol. The molecule has 2 heterocycles.